The summed E-state index contributed by atoms with van der Waals surface area (Å²) in [7, 11) is 0. The largest absolute Gasteiger partial charge is 0.383 e. The van der Waals surface area contributed by atoms with Crippen molar-refractivity contribution in [2.75, 3.05) is 17.2 Å². The molecule has 1 heterocycles. The molecule has 1 aliphatic rings. The monoisotopic (exact) mass is 234 g/mol. The van der Waals surface area contributed by atoms with Crippen LogP contribution in [0.5, 0.6) is 0 Å². The first-order valence-corrected chi connectivity index (χ1v) is 6.43. The van der Waals surface area contributed by atoms with E-state index in [2.05, 4.69) is 28.7 Å². The van der Waals surface area contributed by atoms with E-state index >= 15 is 0 Å². The van der Waals surface area contributed by atoms with Crippen LogP contribution in [0, 0.1) is 12.8 Å². The van der Waals surface area contributed by atoms with E-state index in [1.807, 2.05) is 6.92 Å². The molecule has 0 aliphatic heterocycles. The molecule has 4 nitrogen and oxygen atoms in total. The van der Waals surface area contributed by atoms with Crippen LogP contribution in [0.25, 0.3) is 0 Å². The van der Waals surface area contributed by atoms with Crippen LogP contribution >= 0.6 is 0 Å². The third kappa shape index (κ3) is 2.87. The molecule has 17 heavy (non-hydrogen) atoms. The highest BCUT2D eigenvalue weighted by atomic mass is 15.2. The minimum atomic E-state index is 0.602. The molecule has 1 aromatic heterocycles. The van der Waals surface area contributed by atoms with E-state index in [1.54, 1.807) is 6.33 Å². The second kappa shape index (κ2) is 4.90. The van der Waals surface area contributed by atoms with Crippen LogP contribution in [0.4, 0.5) is 11.6 Å². The first kappa shape index (κ1) is 12.1. The zero-order valence-electron chi connectivity index (χ0n) is 11.0. The van der Waals surface area contributed by atoms with E-state index in [1.165, 1.54) is 19.3 Å². The van der Waals surface area contributed by atoms with Gasteiger partial charge in [0, 0.05) is 18.2 Å². The van der Waals surface area contributed by atoms with Crippen molar-refractivity contribution in [3.63, 3.8) is 0 Å². The Bertz CT molecular complexity index is 385. The van der Waals surface area contributed by atoms with Gasteiger partial charge in [-0.1, -0.05) is 13.8 Å². The highest BCUT2D eigenvalue weighted by Crippen LogP contribution is 2.33. The van der Waals surface area contributed by atoms with E-state index in [0.29, 0.717) is 11.9 Å². The molecule has 0 atom stereocenters. The van der Waals surface area contributed by atoms with Crippen molar-refractivity contribution in [3.05, 3.63) is 11.9 Å². The fraction of sp³-hybridized carbons (Fsp3) is 0.692. The van der Waals surface area contributed by atoms with Gasteiger partial charge in [-0.3, -0.25) is 0 Å². The Balaban J connectivity index is 2.17. The summed E-state index contributed by atoms with van der Waals surface area (Å²) in [5.74, 6) is 2.35. The predicted molar refractivity (Wildman–Crippen MR) is 71.0 cm³/mol. The van der Waals surface area contributed by atoms with Crippen LogP contribution in [0.15, 0.2) is 6.33 Å². The summed E-state index contributed by atoms with van der Waals surface area (Å²) in [6, 6.07) is 0.668. The smallest absolute Gasteiger partial charge is 0.137 e. The van der Waals surface area contributed by atoms with Gasteiger partial charge in [-0.25, -0.2) is 9.97 Å². The lowest BCUT2D eigenvalue weighted by molar-refractivity contribution is 0.568. The molecule has 0 amide bonds. The average Bonchev–Trinajstić information content (AvgIpc) is 3.08. The first-order chi connectivity index (χ1) is 8.09. The summed E-state index contributed by atoms with van der Waals surface area (Å²) in [6.45, 7) is 7.59. The molecule has 4 heteroatoms. The topological polar surface area (TPSA) is 55.0 Å². The van der Waals surface area contributed by atoms with E-state index in [4.69, 9.17) is 5.73 Å². The molecule has 2 rings (SSSR count). The summed E-state index contributed by atoms with van der Waals surface area (Å²) >= 11 is 0. The first-order valence-electron chi connectivity index (χ1n) is 6.43. The van der Waals surface area contributed by atoms with Crippen molar-refractivity contribution in [1.82, 2.24) is 9.97 Å². The van der Waals surface area contributed by atoms with Crippen molar-refractivity contribution in [2.45, 2.75) is 46.1 Å². The number of nitrogens with two attached hydrogens (primary N) is 1. The summed E-state index contributed by atoms with van der Waals surface area (Å²) in [4.78, 5) is 10.9. The second-order valence-corrected chi connectivity index (χ2v) is 5.31. The van der Waals surface area contributed by atoms with Gasteiger partial charge in [-0.2, -0.15) is 0 Å². The van der Waals surface area contributed by atoms with Crippen molar-refractivity contribution in [2.24, 2.45) is 5.92 Å². The predicted octanol–water partition coefficient (Wildman–Crippen LogP) is 2.38. The molecule has 0 spiro atoms. The number of nitrogens with zero attached hydrogens (tertiary/aromatic N) is 3. The zero-order valence-corrected chi connectivity index (χ0v) is 11.0. The third-order valence-corrected chi connectivity index (χ3v) is 3.30. The summed E-state index contributed by atoms with van der Waals surface area (Å²) in [5.41, 5.74) is 6.87. The van der Waals surface area contributed by atoms with Crippen LogP contribution in [0.1, 0.15) is 38.7 Å². The van der Waals surface area contributed by atoms with Gasteiger partial charge in [0.2, 0.25) is 0 Å². The summed E-state index contributed by atoms with van der Waals surface area (Å²) in [5, 5.41) is 0. The molecule has 94 valence electrons. The van der Waals surface area contributed by atoms with Gasteiger partial charge in [-0.05, 0) is 32.1 Å². The lowest BCUT2D eigenvalue weighted by Crippen LogP contribution is -2.29. The van der Waals surface area contributed by atoms with Crippen molar-refractivity contribution in [3.8, 4) is 0 Å². The summed E-state index contributed by atoms with van der Waals surface area (Å²) in [6.07, 6.45) is 5.32. The summed E-state index contributed by atoms with van der Waals surface area (Å²) < 4.78 is 0. The van der Waals surface area contributed by atoms with E-state index in [9.17, 15) is 0 Å². The number of hydrogen-bond donors (Lipinski definition) is 1. The van der Waals surface area contributed by atoms with Gasteiger partial charge in [-0.15, -0.1) is 0 Å². The standard InChI is InChI=1S/C13H22N4/c1-9(2)6-7-17(11-4-5-11)13-10(3)12(14)15-8-16-13/h8-9,11H,4-7H2,1-3H3,(H2,14,15,16). The average molecular weight is 234 g/mol. The highest BCUT2D eigenvalue weighted by Gasteiger charge is 2.31. The Hall–Kier alpha value is -1.32. The maximum absolute atomic E-state index is 5.86. The number of rotatable bonds is 5. The van der Waals surface area contributed by atoms with Crippen LogP contribution in [-0.4, -0.2) is 22.6 Å². The number of aromatic nitrogens is 2. The lowest BCUT2D eigenvalue weighted by atomic mass is 10.1. The Morgan fingerprint density at radius 1 is 1.41 bits per heavy atom. The van der Waals surface area contributed by atoms with Gasteiger partial charge in [0.15, 0.2) is 0 Å². The molecule has 0 unspecified atom stereocenters. The van der Waals surface area contributed by atoms with Crippen LogP contribution < -0.4 is 10.6 Å². The minimum Gasteiger partial charge on any atom is -0.383 e. The molecule has 0 bridgehead atoms. The molecule has 2 N–H and O–H groups in total. The molecular weight excluding hydrogens is 212 g/mol. The highest BCUT2D eigenvalue weighted by molar-refractivity contribution is 5.56. The molecule has 0 radical (unpaired) electrons. The molecule has 1 fully saturated rings. The Morgan fingerprint density at radius 2 is 2.12 bits per heavy atom. The Labute approximate surface area is 103 Å². The Morgan fingerprint density at radius 3 is 2.71 bits per heavy atom. The van der Waals surface area contributed by atoms with Crippen LogP contribution in [0.3, 0.4) is 0 Å². The van der Waals surface area contributed by atoms with Gasteiger partial charge in [0.1, 0.15) is 18.0 Å². The zero-order chi connectivity index (χ0) is 12.4. The fourth-order valence-electron chi connectivity index (χ4n) is 1.99. The van der Waals surface area contributed by atoms with Gasteiger partial charge in [0.25, 0.3) is 0 Å². The van der Waals surface area contributed by atoms with Crippen molar-refractivity contribution >= 4 is 11.6 Å². The third-order valence-electron chi connectivity index (χ3n) is 3.30. The van der Waals surface area contributed by atoms with Crippen molar-refractivity contribution < 1.29 is 0 Å². The molecule has 1 aliphatic carbocycles. The number of hydrogen-bond acceptors (Lipinski definition) is 4. The number of nitrogen functional groups attached to an aromatic ring is 1. The van der Waals surface area contributed by atoms with E-state index in [-0.39, 0.29) is 0 Å². The molecule has 1 saturated carbocycles. The molecule has 1 aromatic rings. The second-order valence-electron chi connectivity index (χ2n) is 5.31. The van der Waals surface area contributed by atoms with Crippen molar-refractivity contribution in [1.29, 1.82) is 0 Å². The van der Waals surface area contributed by atoms with E-state index in [0.717, 1.165) is 23.8 Å². The maximum Gasteiger partial charge on any atom is 0.137 e. The van der Waals surface area contributed by atoms with Gasteiger partial charge in [0.05, 0.1) is 0 Å². The van der Waals surface area contributed by atoms with Gasteiger partial charge >= 0.3 is 0 Å². The maximum atomic E-state index is 5.86. The lowest BCUT2D eigenvalue weighted by Gasteiger charge is -2.26. The Kier molecular flexibility index (Phi) is 3.50. The minimum absolute atomic E-state index is 0.602. The quantitative estimate of drug-likeness (QED) is 0.850. The SMILES string of the molecule is Cc1c(N)ncnc1N(CCC(C)C)C1CC1. The van der Waals surface area contributed by atoms with E-state index < -0.39 is 0 Å². The number of anilines is 2. The molecule has 0 aromatic carbocycles. The molecular formula is C13H22N4. The van der Waals surface area contributed by atoms with Crippen LogP contribution in [-0.2, 0) is 0 Å². The molecule has 0 saturated heterocycles. The van der Waals surface area contributed by atoms with Gasteiger partial charge < -0.3 is 10.6 Å². The van der Waals surface area contributed by atoms with Crippen LogP contribution in [0.2, 0.25) is 0 Å². The fourth-order valence-corrected chi connectivity index (χ4v) is 1.99. The normalized spacial score (nSPS) is 15.3.